The fourth-order valence-corrected chi connectivity index (χ4v) is 3.29. The summed E-state index contributed by atoms with van der Waals surface area (Å²) in [6.45, 7) is 5.95. The predicted octanol–water partition coefficient (Wildman–Crippen LogP) is 4.67. The lowest BCUT2D eigenvalue weighted by molar-refractivity contribution is 1.41. The fourth-order valence-electron chi connectivity index (χ4n) is 2.26. The Morgan fingerprint density at radius 2 is 1.76 bits per heavy atom. The van der Waals surface area contributed by atoms with Crippen LogP contribution < -0.4 is 0 Å². The van der Waals surface area contributed by atoms with Crippen molar-refractivity contribution in [3.05, 3.63) is 72.3 Å². The molecule has 0 N–H and O–H groups in total. The van der Waals surface area contributed by atoms with E-state index in [1.54, 1.807) is 0 Å². The van der Waals surface area contributed by atoms with Crippen molar-refractivity contribution in [2.24, 2.45) is 9.98 Å². The Labute approximate surface area is 129 Å². The molecule has 0 aliphatic carbocycles. The van der Waals surface area contributed by atoms with Crippen LogP contribution >= 0.6 is 11.8 Å². The van der Waals surface area contributed by atoms with Gasteiger partial charge in [0.05, 0.1) is 11.4 Å². The molecule has 2 aromatic rings. The second-order valence-corrected chi connectivity index (χ2v) is 5.83. The molecule has 0 saturated carbocycles. The highest BCUT2D eigenvalue weighted by Gasteiger charge is 2.17. The maximum absolute atomic E-state index is 4.67. The minimum Gasteiger partial charge on any atom is -0.237 e. The van der Waals surface area contributed by atoms with Gasteiger partial charge in [-0.05, 0) is 18.6 Å². The monoisotopic (exact) mass is 292 g/mol. The summed E-state index contributed by atoms with van der Waals surface area (Å²) in [7, 11) is 0. The van der Waals surface area contributed by atoms with Gasteiger partial charge in [0.25, 0.3) is 0 Å². The highest BCUT2D eigenvalue weighted by molar-refractivity contribution is 8.00. The van der Waals surface area contributed by atoms with Gasteiger partial charge in [-0.25, -0.2) is 9.98 Å². The summed E-state index contributed by atoms with van der Waals surface area (Å²) < 4.78 is 0. The van der Waals surface area contributed by atoms with Crippen LogP contribution in [0, 0.1) is 0 Å². The molecule has 0 bridgehead atoms. The molecule has 1 heterocycles. The van der Waals surface area contributed by atoms with Crippen LogP contribution in [-0.4, -0.2) is 17.3 Å². The van der Waals surface area contributed by atoms with Gasteiger partial charge in [-0.1, -0.05) is 55.1 Å². The molecule has 1 aliphatic heterocycles. The first-order chi connectivity index (χ1) is 10.2. The molecule has 0 fully saturated rings. The molecule has 0 saturated heterocycles. The van der Waals surface area contributed by atoms with Gasteiger partial charge < -0.3 is 0 Å². The predicted molar refractivity (Wildman–Crippen MR) is 92.3 cm³/mol. The zero-order valence-corrected chi connectivity index (χ0v) is 12.7. The Hall–Kier alpha value is -2.13. The summed E-state index contributed by atoms with van der Waals surface area (Å²) in [6, 6.07) is 18.3. The Morgan fingerprint density at radius 3 is 2.57 bits per heavy atom. The van der Waals surface area contributed by atoms with Crippen LogP contribution in [-0.2, 0) is 0 Å². The third-order valence-corrected chi connectivity index (χ3v) is 4.35. The van der Waals surface area contributed by atoms with Crippen molar-refractivity contribution < 1.29 is 0 Å². The number of thioether (sulfide) groups is 1. The van der Waals surface area contributed by atoms with E-state index in [1.165, 1.54) is 10.5 Å². The third-order valence-electron chi connectivity index (χ3n) is 3.26. The van der Waals surface area contributed by atoms with Gasteiger partial charge in [0.15, 0.2) is 0 Å². The van der Waals surface area contributed by atoms with Gasteiger partial charge in [-0.15, -0.1) is 11.8 Å². The van der Waals surface area contributed by atoms with E-state index in [9.17, 15) is 0 Å². The van der Waals surface area contributed by atoms with E-state index >= 15 is 0 Å². The number of aliphatic imine (C=N–C) groups is 2. The first-order valence-corrected chi connectivity index (χ1v) is 7.82. The molecule has 3 heteroatoms. The molecule has 2 aromatic carbocycles. The number of amidine groups is 1. The largest absolute Gasteiger partial charge is 0.237 e. The first-order valence-electron chi connectivity index (χ1n) is 6.83. The van der Waals surface area contributed by atoms with Crippen LogP contribution in [0.3, 0.4) is 0 Å². The van der Waals surface area contributed by atoms with Crippen molar-refractivity contribution in [1.29, 1.82) is 0 Å². The molecular weight excluding hydrogens is 276 g/mol. The maximum atomic E-state index is 4.67. The van der Waals surface area contributed by atoms with Crippen molar-refractivity contribution in [2.75, 3.05) is 5.75 Å². The van der Waals surface area contributed by atoms with Crippen molar-refractivity contribution in [3.8, 4) is 0 Å². The normalized spacial score (nSPS) is 16.0. The van der Waals surface area contributed by atoms with E-state index in [-0.39, 0.29) is 0 Å². The lowest BCUT2D eigenvalue weighted by atomic mass is 10.1. The topological polar surface area (TPSA) is 24.7 Å². The zero-order chi connectivity index (χ0) is 14.7. The highest BCUT2D eigenvalue weighted by atomic mass is 32.2. The van der Waals surface area contributed by atoms with E-state index in [2.05, 4.69) is 40.8 Å². The average Bonchev–Trinajstić information content (AvgIpc) is 2.91. The number of hydrogen-bond donors (Lipinski definition) is 0. The van der Waals surface area contributed by atoms with Crippen LogP contribution in [0.5, 0.6) is 0 Å². The summed E-state index contributed by atoms with van der Waals surface area (Å²) in [5.74, 6) is 1.65. The van der Waals surface area contributed by atoms with Crippen molar-refractivity contribution in [1.82, 2.24) is 0 Å². The Bertz CT molecular complexity index is 730. The second kappa shape index (κ2) is 6.10. The molecule has 1 aliphatic rings. The van der Waals surface area contributed by atoms with E-state index in [1.807, 2.05) is 49.0 Å². The minimum atomic E-state index is 0.746. The summed E-state index contributed by atoms with van der Waals surface area (Å²) in [4.78, 5) is 10.5. The van der Waals surface area contributed by atoms with Crippen molar-refractivity contribution >= 4 is 29.0 Å². The van der Waals surface area contributed by atoms with E-state index in [4.69, 9.17) is 0 Å². The zero-order valence-electron chi connectivity index (χ0n) is 11.9. The highest BCUT2D eigenvalue weighted by Crippen LogP contribution is 2.31. The summed E-state index contributed by atoms with van der Waals surface area (Å²) in [6.07, 6.45) is 0. The molecule has 0 radical (unpaired) electrons. The van der Waals surface area contributed by atoms with Crippen molar-refractivity contribution in [2.45, 2.75) is 11.8 Å². The molecule has 0 aromatic heterocycles. The number of fused-ring (bicyclic) bond motifs is 1. The molecule has 0 amide bonds. The summed E-state index contributed by atoms with van der Waals surface area (Å²) in [5, 5.41) is 0. The van der Waals surface area contributed by atoms with Crippen LogP contribution in [0.15, 0.2) is 76.1 Å². The summed E-state index contributed by atoms with van der Waals surface area (Å²) in [5.41, 5.74) is 4.09. The fraction of sp³-hybridized carbons (Fsp3) is 0.111. The lowest BCUT2D eigenvalue weighted by Crippen LogP contribution is -2.02. The van der Waals surface area contributed by atoms with Gasteiger partial charge in [0, 0.05) is 16.2 Å². The minimum absolute atomic E-state index is 0.746. The van der Waals surface area contributed by atoms with Gasteiger partial charge in [-0.2, -0.15) is 0 Å². The number of hydrogen-bond acceptors (Lipinski definition) is 2. The van der Waals surface area contributed by atoms with Gasteiger partial charge >= 0.3 is 0 Å². The van der Waals surface area contributed by atoms with Gasteiger partial charge in [-0.3, -0.25) is 0 Å². The number of benzene rings is 2. The summed E-state index contributed by atoms with van der Waals surface area (Å²) >= 11 is 1.83. The molecule has 0 atom stereocenters. The van der Waals surface area contributed by atoms with Crippen molar-refractivity contribution in [3.63, 3.8) is 0 Å². The molecule has 21 heavy (non-hydrogen) atoms. The van der Waals surface area contributed by atoms with Gasteiger partial charge in [0.1, 0.15) is 5.84 Å². The lowest BCUT2D eigenvalue weighted by Gasteiger charge is -2.02. The van der Waals surface area contributed by atoms with Crippen LogP contribution in [0.4, 0.5) is 0 Å². The first kappa shape index (κ1) is 13.8. The van der Waals surface area contributed by atoms with E-state index < -0.39 is 0 Å². The number of nitrogens with zero attached hydrogens (tertiary/aromatic N) is 2. The molecule has 104 valence electrons. The maximum Gasteiger partial charge on any atom is 0.126 e. The average molecular weight is 292 g/mol. The Balaban J connectivity index is 1.84. The standard InChI is InChI=1S/C18H16N2S/c1-13(15-8-4-3-5-9-15)19-14(2)20-17-12-21-18-11-7-6-10-16(17)18/h3-11H,1,12H2,2H3. The smallest absolute Gasteiger partial charge is 0.126 e. The van der Waals surface area contributed by atoms with Crippen LogP contribution in [0.1, 0.15) is 18.1 Å². The van der Waals surface area contributed by atoms with Gasteiger partial charge in [0.2, 0.25) is 0 Å². The quantitative estimate of drug-likeness (QED) is 0.583. The van der Waals surface area contributed by atoms with Crippen LogP contribution in [0.2, 0.25) is 0 Å². The number of rotatable bonds is 2. The molecule has 0 spiro atoms. The van der Waals surface area contributed by atoms with E-state index in [0.29, 0.717) is 0 Å². The van der Waals surface area contributed by atoms with E-state index in [0.717, 1.165) is 28.6 Å². The molecular formula is C18H16N2S. The third kappa shape index (κ3) is 3.14. The van der Waals surface area contributed by atoms with Crippen LogP contribution in [0.25, 0.3) is 5.70 Å². The molecule has 3 rings (SSSR count). The second-order valence-electron chi connectivity index (χ2n) is 4.82. The SMILES string of the molecule is C=C(N=C(C)N=C1CSc2ccccc21)c1ccccc1. The molecule has 0 unspecified atom stereocenters. The Morgan fingerprint density at radius 1 is 1.05 bits per heavy atom. The Kier molecular flexibility index (Phi) is 4.02. The molecule has 2 nitrogen and oxygen atoms in total.